The Hall–Kier alpha value is -2.71. The minimum atomic E-state index is -0.863. The van der Waals surface area contributed by atoms with E-state index >= 15 is 0 Å². The van der Waals surface area contributed by atoms with Crippen LogP contribution in [0.25, 0.3) is 0 Å². The first-order valence-corrected chi connectivity index (χ1v) is 7.86. The number of ether oxygens (including phenoxy) is 1. The number of amides is 1. The molecule has 0 saturated heterocycles. The largest absolute Gasteiger partial charge is 0.455 e. The average Bonchev–Trinajstić information content (AvgIpc) is 2.58. The van der Waals surface area contributed by atoms with Crippen LogP contribution in [0.4, 0.5) is 15.8 Å². The van der Waals surface area contributed by atoms with Gasteiger partial charge in [-0.15, -0.1) is 0 Å². The summed E-state index contributed by atoms with van der Waals surface area (Å²) in [6, 6.07) is 7.37. The molecular weight excluding hydrogens is 390 g/mol. The predicted octanol–water partition coefficient (Wildman–Crippen LogP) is 3.77. The quantitative estimate of drug-likeness (QED) is 0.452. The zero-order valence-electron chi connectivity index (χ0n) is 13.0. The molecule has 0 aliphatic rings. The summed E-state index contributed by atoms with van der Waals surface area (Å²) in [6.07, 6.45) is -0.253. The van der Waals surface area contributed by atoms with E-state index in [0.717, 1.165) is 18.2 Å². The molecule has 136 valence electrons. The summed E-state index contributed by atoms with van der Waals surface area (Å²) >= 11 is 11.9. The van der Waals surface area contributed by atoms with Crippen LogP contribution in [0.2, 0.25) is 10.0 Å². The number of rotatable bonds is 6. The first kappa shape index (κ1) is 19.6. The second-order valence-electron chi connectivity index (χ2n) is 5.01. The lowest BCUT2D eigenvalue weighted by atomic mass is 10.1. The molecular formula is C16H11Cl2FN2O5. The summed E-state index contributed by atoms with van der Waals surface area (Å²) in [7, 11) is 0. The van der Waals surface area contributed by atoms with Crippen molar-refractivity contribution in [2.45, 2.75) is 6.42 Å². The maximum absolute atomic E-state index is 13.6. The molecule has 2 aromatic carbocycles. The minimum Gasteiger partial charge on any atom is -0.455 e. The second-order valence-corrected chi connectivity index (χ2v) is 5.82. The highest BCUT2D eigenvalue weighted by Crippen LogP contribution is 2.25. The van der Waals surface area contributed by atoms with E-state index in [1.165, 1.54) is 0 Å². The van der Waals surface area contributed by atoms with Crippen molar-refractivity contribution in [2.75, 3.05) is 11.9 Å². The van der Waals surface area contributed by atoms with Crippen molar-refractivity contribution in [1.82, 2.24) is 0 Å². The van der Waals surface area contributed by atoms with E-state index < -0.39 is 40.6 Å². The summed E-state index contributed by atoms with van der Waals surface area (Å²) in [6.45, 7) is -0.705. The highest BCUT2D eigenvalue weighted by molar-refractivity contribution is 6.36. The maximum Gasteiger partial charge on any atom is 0.310 e. The van der Waals surface area contributed by atoms with Gasteiger partial charge in [0.15, 0.2) is 6.61 Å². The van der Waals surface area contributed by atoms with Crippen LogP contribution >= 0.6 is 23.2 Å². The summed E-state index contributed by atoms with van der Waals surface area (Å²) < 4.78 is 18.4. The van der Waals surface area contributed by atoms with Gasteiger partial charge in [0, 0.05) is 27.7 Å². The van der Waals surface area contributed by atoms with Crippen LogP contribution in [-0.4, -0.2) is 23.4 Å². The van der Waals surface area contributed by atoms with Gasteiger partial charge in [0.05, 0.1) is 17.0 Å². The molecule has 0 saturated carbocycles. The molecule has 2 aromatic rings. The topological polar surface area (TPSA) is 98.5 Å². The molecule has 0 fully saturated rings. The van der Waals surface area contributed by atoms with E-state index in [9.17, 15) is 24.1 Å². The van der Waals surface area contributed by atoms with Crippen LogP contribution in [0.1, 0.15) is 5.56 Å². The van der Waals surface area contributed by atoms with Crippen LogP contribution in [-0.2, 0) is 20.7 Å². The molecule has 2 rings (SSSR count). The van der Waals surface area contributed by atoms with Gasteiger partial charge < -0.3 is 10.1 Å². The number of nitrogens with one attached hydrogen (secondary N) is 1. The minimum absolute atomic E-state index is 0.253. The Balaban J connectivity index is 1.94. The van der Waals surface area contributed by atoms with Gasteiger partial charge in [0.1, 0.15) is 5.82 Å². The van der Waals surface area contributed by atoms with Crippen molar-refractivity contribution in [3.8, 4) is 0 Å². The lowest BCUT2D eigenvalue weighted by Crippen LogP contribution is -2.22. The Kier molecular flexibility index (Phi) is 6.48. The molecule has 7 nitrogen and oxygen atoms in total. The van der Waals surface area contributed by atoms with Gasteiger partial charge in [0.2, 0.25) is 0 Å². The smallest absolute Gasteiger partial charge is 0.310 e. The van der Waals surface area contributed by atoms with Gasteiger partial charge in [-0.2, -0.15) is 0 Å². The molecule has 1 N–H and O–H groups in total. The van der Waals surface area contributed by atoms with Crippen LogP contribution in [0.15, 0.2) is 36.4 Å². The summed E-state index contributed by atoms with van der Waals surface area (Å²) in [5.41, 5.74) is -0.438. The third-order valence-corrected chi connectivity index (χ3v) is 3.89. The van der Waals surface area contributed by atoms with Crippen molar-refractivity contribution in [3.05, 3.63) is 67.9 Å². The normalized spacial score (nSPS) is 10.3. The highest BCUT2D eigenvalue weighted by Gasteiger charge is 2.16. The number of benzene rings is 2. The third kappa shape index (κ3) is 5.14. The van der Waals surface area contributed by atoms with Crippen molar-refractivity contribution in [3.63, 3.8) is 0 Å². The average molecular weight is 401 g/mol. The third-order valence-electron chi connectivity index (χ3n) is 3.18. The summed E-state index contributed by atoms with van der Waals surface area (Å²) in [5, 5.41) is 13.3. The monoisotopic (exact) mass is 400 g/mol. The molecule has 10 heteroatoms. The maximum atomic E-state index is 13.6. The second kappa shape index (κ2) is 8.59. The van der Waals surface area contributed by atoms with Gasteiger partial charge in [-0.05, 0) is 18.2 Å². The number of carbonyl (C=O) groups excluding carboxylic acids is 2. The van der Waals surface area contributed by atoms with Crippen molar-refractivity contribution < 1.29 is 23.6 Å². The Morgan fingerprint density at radius 3 is 2.46 bits per heavy atom. The molecule has 0 aliphatic carbocycles. The number of anilines is 1. The molecule has 0 aliphatic heterocycles. The molecule has 0 unspecified atom stereocenters. The van der Waals surface area contributed by atoms with Crippen molar-refractivity contribution in [2.24, 2.45) is 0 Å². The predicted molar refractivity (Wildman–Crippen MR) is 92.8 cm³/mol. The molecule has 26 heavy (non-hydrogen) atoms. The number of nitro groups is 1. The Bertz CT molecular complexity index is 855. The first-order chi connectivity index (χ1) is 12.3. The number of nitrogens with zero attached hydrogens (tertiary/aromatic N) is 1. The summed E-state index contributed by atoms with van der Waals surface area (Å²) in [4.78, 5) is 33.5. The fourth-order valence-corrected chi connectivity index (χ4v) is 2.48. The van der Waals surface area contributed by atoms with Crippen LogP contribution < -0.4 is 5.32 Å². The number of halogens is 3. The summed E-state index contributed by atoms with van der Waals surface area (Å²) in [5.74, 6) is -2.49. The molecule has 0 aromatic heterocycles. The lowest BCUT2D eigenvalue weighted by molar-refractivity contribution is -0.384. The standard InChI is InChI=1S/C16H11Cl2FN2O5/c17-11-2-1-3-12(18)10(11)7-16(23)26-8-15(22)20-14-6-9(21(24)25)4-5-13(14)19/h1-6H,7-8H2,(H,20,22). The van der Waals surface area contributed by atoms with Gasteiger partial charge in [-0.3, -0.25) is 19.7 Å². The zero-order valence-corrected chi connectivity index (χ0v) is 14.5. The number of carbonyl (C=O) groups is 2. The van der Waals surface area contributed by atoms with E-state index in [1.54, 1.807) is 18.2 Å². The number of non-ortho nitro benzene ring substituents is 1. The fraction of sp³-hybridized carbons (Fsp3) is 0.125. The highest BCUT2D eigenvalue weighted by atomic mass is 35.5. The van der Waals surface area contributed by atoms with E-state index in [0.29, 0.717) is 5.56 Å². The number of hydrogen-bond acceptors (Lipinski definition) is 5. The van der Waals surface area contributed by atoms with Gasteiger partial charge in [-0.1, -0.05) is 29.3 Å². The van der Waals surface area contributed by atoms with E-state index in [4.69, 9.17) is 27.9 Å². The van der Waals surface area contributed by atoms with Crippen LogP contribution in [0.5, 0.6) is 0 Å². The Morgan fingerprint density at radius 2 is 1.85 bits per heavy atom. The van der Waals surface area contributed by atoms with E-state index in [-0.39, 0.29) is 16.5 Å². The number of nitro benzene ring substituents is 1. The van der Waals surface area contributed by atoms with Gasteiger partial charge in [-0.25, -0.2) is 4.39 Å². The number of hydrogen-bond donors (Lipinski definition) is 1. The first-order valence-electron chi connectivity index (χ1n) is 7.10. The van der Waals surface area contributed by atoms with E-state index in [2.05, 4.69) is 5.32 Å². The van der Waals surface area contributed by atoms with Gasteiger partial charge >= 0.3 is 5.97 Å². The van der Waals surface area contributed by atoms with E-state index in [1.807, 2.05) is 0 Å². The molecule has 0 heterocycles. The zero-order chi connectivity index (χ0) is 19.3. The van der Waals surface area contributed by atoms with Crippen LogP contribution in [0.3, 0.4) is 0 Å². The molecule has 0 bridgehead atoms. The molecule has 0 radical (unpaired) electrons. The number of esters is 1. The Morgan fingerprint density at radius 1 is 1.19 bits per heavy atom. The van der Waals surface area contributed by atoms with Crippen molar-refractivity contribution in [1.29, 1.82) is 0 Å². The molecule has 0 atom stereocenters. The lowest BCUT2D eigenvalue weighted by Gasteiger charge is -2.09. The SMILES string of the molecule is O=C(COC(=O)Cc1c(Cl)cccc1Cl)Nc1cc([N+](=O)[O-])ccc1F. The van der Waals surface area contributed by atoms with Crippen molar-refractivity contribution >= 4 is 46.5 Å². The van der Waals surface area contributed by atoms with Gasteiger partial charge in [0.25, 0.3) is 11.6 Å². The molecule has 1 amide bonds. The fourth-order valence-electron chi connectivity index (χ4n) is 1.95. The molecule has 0 spiro atoms. The van der Waals surface area contributed by atoms with Crippen LogP contribution in [0, 0.1) is 15.9 Å². The Labute approximate surface area is 156 Å².